The molecule has 0 radical (unpaired) electrons. The van der Waals surface area contributed by atoms with Crippen LogP contribution in [0.25, 0.3) is 0 Å². The van der Waals surface area contributed by atoms with Gasteiger partial charge in [0, 0.05) is 25.0 Å². The number of benzene rings is 2. The van der Waals surface area contributed by atoms with Crippen LogP contribution in [0.1, 0.15) is 12.5 Å². The molecular weight excluding hydrogens is 315 g/mol. The largest absolute Gasteiger partial charge is 0.354 e. The summed E-state index contributed by atoms with van der Waals surface area (Å²) in [6.45, 7) is 3.46. The summed E-state index contributed by atoms with van der Waals surface area (Å²) in [5, 5.41) is 3.18. The number of aromatic nitrogens is 2. The van der Waals surface area contributed by atoms with E-state index < -0.39 is 0 Å². The molecule has 1 aromatic heterocycles. The molecule has 0 aliphatic heterocycles. The lowest BCUT2D eigenvalue weighted by Crippen LogP contribution is -2.18. The lowest BCUT2D eigenvalue weighted by Gasteiger charge is -2.22. The van der Waals surface area contributed by atoms with Crippen molar-refractivity contribution in [2.24, 2.45) is 0 Å². The van der Waals surface area contributed by atoms with Gasteiger partial charge in [0.05, 0.1) is 0 Å². The number of rotatable bonds is 7. The molecule has 1 N–H and O–H groups in total. The van der Waals surface area contributed by atoms with Crippen LogP contribution in [0.2, 0.25) is 0 Å². The van der Waals surface area contributed by atoms with E-state index in [1.807, 2.05) is 30.3 Å². The average molecular weight is 336 g/mol. The zero-order chi connectivity index (χ0) is 17.5. The monoisotopic (exact) mass is 336 g/mol. The van der Waals surface area contributed by atoms with E-state index in [1.54, 1.807) is 18.3 Å². The molecule has 4 nitrogen and oxygen atoms in total. The molecule has 3 aromatic rings. The molecular formula is C20H21FN4. The van der Waals surface area contributed by atoms with Crippen molar-refractivity contribution in [3.05, 3.63) is 78.2 Å². The lowest BCUT2D eigenvalue weighted by atomic mass is 10.1. The van der Waals surface area contributed by atoms with Gasteiger partial charge < -0.3 is 10.2 Å². The second-order valence-electron chi connectivity index (χ2n) is 5.59. The fraction of sp³-hybridized carbons (Fsp3) is 0.200. The van der Waals surface area contributed by atoms with Crippen molar-refractivity contribution in [2.75, 3.05) is 23.3 Å². The first kappa shape index (κ1) is 16.9. The number of anilines is 3. The molecule has 0 saturated carbocycles. The molecule has 0 unspecified atom stereocenters. The molecule has 0 fully saturated rings. The topological polar surface area (TPSA) is 41.1 Å². The highest BCUT2D eigenvalue weighted by Crippen LogP contribution is 2.23. The quantitative estimate of drug-likeness (QED) is 0.693. The second-order valence-corrected chi connectivity index (χ2v) is 5.59. The van der Waals surface area contributed by atoms with E-state index in [0.29, 0.717) is 24.5 Å². The fourth-order valence-corrected chi connectivity index (χ4v) is 2.68. The first-order valence-corrected chi connectivity index (χ1v) is 8.41. The van der Waals surface area contributed by atoms with E-state index >= 15 is 0 Å². The fourth-order valence-electron chi connectivity index (χ4n) is 2.68. The molecule has 0 saturated heterocycles. The summed E-state index contributed by atoms with van der Waals surface area (Å²) >= 11 is 0. The Balaban J connectivity index is 1.68. The van der Waals surface area contributed by atoms with E-state index in [9.17, 15) is 4.39 Å². The zero-order valence-electron chi connectivity index (χ0n) is 14.2. The van der Waals surface area contributed by atoms with E-state index in [4.69, 9.17) is 0 Å². The predicted molar refractivity (Wildman–Crippen MR) is 99.7 cm³/mol. The summed E-state index contributed by atoms with van der Waals surface area (Å²) in [7, 11) is 0. The van der Waals surface area contributed by atoms with Gasteiger partial charge in [0.1, 0.15) is 11.6 Å². The SMILES string of the molecule is CCN(c1ccccc1)c1ccnc(NCCc2ccccc2F)n1. The van der Waals surface area contributed by atoms with Gasteiger partial charge in [-0.15, -0.1) is 0 Å². The Labute approximate surface area is 147 Å². The van der Waals surface area contributed by atoms with Crippen LogP contribution in [0, 0.1) is 5.82 Å². The maximum absolute atomic E-state index is 13.7. The molecule has 128 valence electrons. The third kappa shape index (κ3) is 4.32. The molecule has 25 heavy (non-hydrogen) atoms. The van der Waals surface area contributed by atoms with Crippen LogP contribution in [0.5, 0.6) is 0 Å². The van der Waals surface area contributed by atoms with Crippen molar-refractivity contribution >= 4 is 17.5 Å². The van der Waals surface area contributed by atoms with Gasteiger partial charge in [-0.1, -0.05) is 36.4 Å². The van der Waals surface area contributed by atoms with E-state index in [2.05, 4.69) is 39.2 Å². The molecule has 0 atom stereocenters. The normalized spacial score (nSPS) is 10.5. The highest BCUT2D eigenvalue weighted by Gasteiger charge is 2.09. The Kier molecular flexibility index (Phi) is 5.57. The highest BCUT2D eigenvalue weighted by molar-refractivity contribution is 5.60. The molecule has 0 spiro atoms. The van der Waals surface area contributed by atoms with Gasteiger partial charge in [0.15, 0.2) is 0 Å². The van der Waals surface area contributed by atoms with Crippen LogP contribution in [-0.4, -0.2) is 23.1 Å². The van der Waals surface area contributed by atoms with Gasteiger partial charge in [-0.3, -0.25) is 0 Å². The van der Waals surface area contributed by atoms with Crippen LogP contribution in [0.15, 0.2) is 66.9 Å². The van der Waals surface area contributed by atoms with Crippen LogP contribution >= 0.6 is 0 Å². The number of hydrogen-bond donors (Lipinski definition) is 1. The summed E-state index contributed by atoms with van der Waals surface area (Å²) in [6, 6.07) is 18.8. The van der Waals surface area contributed by atoms with Gasteiger partial charge in [-0.05, 0) is 43.2 Å². The molecule has 0 aliphatic rings. The third-order valence-corrected chi connectivity index (χ3v) is 3.94. The second kappa shape index (κ2) is 8.24. The zero-order valence-corrected chi connectivity index (χ0v) is 14.2. The maximum atomic E-state index is 13.7. The van der Waals surface area contributed by atoms with E-state index in [-0.39, 0.29) is 5.82 Å². The summed E-state index contributed by atoms with van der Waals surface area (Å²) in [4.78, 5) is 11.0. The number of para-hydroxylation sites is 1. The lowest BCUT2D eigenvalue weighted by molar-refractivity contribution is 0.610. The average Bonchev–Trinajstić information content (AvgIpc) is 2.65. The van der Waals surface area contributed by atoms with E-state index in [0.717, 1.165) is 18.1 Å². The summed E-state index contributed by atoms with van der Waals surface area (Å²) in [5.41, 5.74) is 1.77. The molecule has 2 aromatic carbocycles. The minimum Gasteiger partial charge on any atom is -0.354 e. The molecule has 0 amide bonds. The third-order valence-electron chi connectivity index (χ3n) is 3.94. The Morgan fingerprint density at radius 3 is 2.52 bits per heavy atom. The molecule has 0 bridgehead atoms. The van der Waals surface area contributed by atoms with Crippen molar-refractivity contribution in [2.45, 2.75) is 13.3 Å². The van der Waals surface area contributed by atoms with Gasteiger partial charge in [0.2, 0.25) is 5.95 Å². The van der Waals surface area contributed by atoms with Crippen LogP contribution in [0.4, 0.5) is 21.8 Å². The number of halogens is 1. The smallest absolute Gasteiger partial charge is 0.224 e. The highest BCUT2D eigenvalue weighted by atomic mass is 19.1. The predicted octanol–water partition coefficient (Wildman–Crippen LogP) is 4.43. The first-order valence-electron chi connectivity index (χ1n) is 8.41. The van der Waals surface area contributed by atoms with Gasteiger partial charge in [-0.2, -0.15) is 4.98 Å². The van der Waals surface area contributed by atoms with Crippen molar-refractivity contribution in [3.8, 4) is 0 Å². The molecule has 1 heterocycles. The van der Waals surface area contributed by atoms with Crippen LogP contribution < -0.4 is 10.2 Å². The minimum absolute atomic E-state index is 0.180. The number of nitrogens with one attached hydrogen (secondary N) is 1. The van der Waals surface area contributed by atoms with Crippen molar-refractivity contribution in [3.63, 3.8) is 0 Å². The van der Waals surface area contributed by atoms with Crippen LogP contribution in [-0.2, 0) is 6.42 Å². The molecule has 0 aliphatic carbocycles. The maximum Gasteiger partial charge on any atom is 0.224 e. The van der Waals surface area contributed by atoms with Gasteiger partial charge in [-0.25, -0.2) is 9.37 Å². The number of hydrogen-bond acceptors (Lipinski definition) is 4. The first-order chi connectivity index (χ1) is 12.3. The summed E-state index contributed by atoms with van der Waals surface area (Å²) < 4.78 is 13.7. The standard InChI is InChI=1S/C20H21FN4/c1-2-25(17-9-4-3-5-10-17)19-13-15-23-20(24-19)22-14-12-16-8-6-7-11-18(16)21/h3-11,13,15H,2,12,14H2,1H3,(H,22,23,24). The van der Waals surface area contributed by atoms with Crippen LogP contribution in [0.3, 0.4) is 0 Å². The Bertz CT molecular complexity index is 808. The van der Waals surface area contributed by atoms with Crippen molar-refractivity contribution in [1.82, 2.24) is 9.97 Å². The molecule has 3 rings (SSSR count). The van der Waals surface area contributed by atoms with E-state index in [1.165, 1.54) is 6.07 Å². The minimum atomic E-state index is -0.180. The Hall–Kier alpha value is -2.95. The van der Waals surface area contributed by atoms with Crippen molar-refractivity contribution < 1.29 is 4.39 Å². The van der Waals surface area contributed by atoms with Crippen molar-refractivity contribution in [1.29, 1.82) is 0 Å². The van der Waals surface area contributed by atoms with Gasteiger partial charge in [0.25, 0.3) is 0 Å². The number of nitrogens with zero attached hydrogens (tertiary/aromatic N) is 3. The Morgan fingerprint density at radius 1 is 1.00 bits per heavy atom. The Morgan fingerprint density at radius 2 is 1.76 bits per heavy atom. The molecule has 5 heteroatoms. The van der Waals surface area contributed by atoms with Gasteiger partial charge >= 0.3 is 0 Å². The summed E-state index contributed by atoms with van der Waals surface area (Å²) in [6.07, 6.45) is 2.32. The summed E-state index contributed by atoms with van der Waals surface area (Å²) in [5.74, 6) is 1.19.